The first-order valence-corrected chi connectivity index (χ1v) is 7.54. The smallest absolute Gasteiger partial charge is 0.240 e. The van der Waals surface area contributed by atoms with Crippen molar-refractivity contribution in [2.75, 3.05) is 10.6 Å². The highest BCUT2D eigenvalue weighted by Crippen LogP contribution is 2.40. The van der Waals surface area contributed by atoms with Gasteiger partial charge in [-0.3, -0.25) is 4.79 Å². The van der Waals surface area contributed by atoms with Gasteiger partial charge in [-0.1, -0.05) is 12.1 Å². The molecule has 0 aliphatic carbocycles. The van der Waals surface area contributed by atoms with Gasteiger partial charge < -0.3 is 10.6 Å². The SMILES string of the molecule is CC1Sc2cc(N)ccc2N(Cc2ccc(F)cc2)C1=O. The summed E-state index contributed by atoms with van der Waals surface area (Å²) in [4.78, 5) is 15.2. The van der Waals surface area contributed by atoms with Gasteiger partial charge >= 0.3 is 0 Å². The molecule has 21 heavy (non-hydrogen) atoms. The first kappa shape index (κ1) is 13.9. The number of carbonyl (C=O) groups excluding carboxylic acids is 1. The molecule has 0 bridgehead atoms. The third-order valence-electron chi connectivity index (χ3n) is 3.45. The number of nitrogen functional groups attached to an aromatic ring is 1. The standard InChI is InChI=1S/C16H15FN2OS/c1-10-16(20)19(9-11-2-4-12(17)5-3-11)14-7-6-13(18)8-15(14)21-10/h2-8,10H,9,18H2,1H3. The third-order valence-corrected chi connectivity index (χ3v) is 4.58. The van der Waals surface area contributed by atoms with Gasteiger partial charge in [0.25, 0.3) is 0 Å². The van der Waals surface area contributed by atoms with Crippen molar-refractivity contribution in [1.29, 1.82) is 0 Å². The van der Waals surface area contributed by atoms with E-state index in [-0.39, 0.29) is 17.0 Å². The fourth-order valence-electron chi connectivity index (χ4n) is 2.36. The minimum absolute atomic E-state index is 0.0570. The van der Waals surface area contributed by atoms with E-state index in [1.807, 2.05) is 19.1 Å². The summed E-state index contributed by atoms with van der Waals surface area (Å²) in [6, 6.07) is 11.8. The Morgan fingerprint density at radius 1 is 1.24 bits per heavy atom. The summed E-state index contributed by atoms with van der Waals surface area (Å²) in [5.41, 5.74) is 8.26. The first-order chi connectivity index (χ1) is 10.0. The number of nitrogens with zero attached hydrogens (tertiary/aromatic N) is 1. The Kier molecular flexibility index (Phi) is 3.59. The molecule has 108 valence electrons. The molecule has 1 atom stereocenters. The van der Waals surface area contributed by atoms with E-state index in [0.717, 1.165) is 16.1 Å². The van der Waals surface area contributed by atoms with Gasteiger partial charge in [0, 0.05) is 10.6 Å². The number of hydrogen-bond donors (Lipinski definition) is 1. The number of amides is 1. The maximum absolute atomic E-state index is 13.0. The molecule has 1 amide bonds. The van der Waals surface area contributed by atoms with Gasteiger partial charge in [-0.05, 0) is 42.8 Å². The first-order valence-electron chi connectivity index (χ1n) is 6.66. The molecular weight excluding hydrogens is 287 g/mol. The second kappa shape index (κ2) is 5.41. The van der Waals surface area contributed by atoms with Crippen LogP contribution >= 0.6 is 11.8 Å². The molecule has 1 heterocycles. The topological polar surface area (TPSA) is 46.3 Å². The minimum Gasteiger partial charge on any atom is -0.399 e. The molecule has 3 nitrogen and oxygen atoms in total. The van der Waals surface area contributed by atoms with Crippen LogP contribution < -0.4 is 10.6 Å². The van der Waals surface area contributed by atoms with Crippen LogP contribution in [0.4, 0.5) is 15.8 Å². The van der Waals surface area contributed by atoms with Crippen LogP contribution in [0.15, 0.2) is 47.4 Å². The van der Waals surface area contributed by atoms with Gasteiger partial charge in [-0.15, -0.1) is 11.8 Å². The highest BCUT2D eigenvalue weighted by molar-refractivity contribution is 8.01. The van der Waals surface area contributed by atoms with Crippen molar-refractivity contribution in [3.05, 3.63) is 53.8 Å². The molecule has 3 rings (SSSR count). The Balaban J connectivity index is 1.96. The zero-order valence-corrected chi connectivity index (χ0v) is 12.4. The summed E-state index contributed by atoms with van der Waals surface area (Å²) in [6.45, 7) is 2.32. The Hall–Kier alpha value is -2.01. The molecule has 2 N–H and O–H groups in total. The van der Waals surface area contributed by atoms with E-state index in [2.05, 4.69) is 0 Å². The van der Waals surface area contributed by atoms with E-state index in [1.165, 1.54) is 23.9 Å². The number of rotatable bonds is 2. The molecule has 0 radical (unpaired) electrons. The second-order valence-electron chi connectivity index (χ2n) is 5.04. The molecule has 0 saturated heterocycles. The Morgan fingerprint density at radius 3 is 2.67 bits per heavy atom. The van der Waals surface area contributed by atoms with E-state index in [0.29, 0.717) is 12.2 Å². The van der Waals surface area contributed by atoms with Gasteiger partial charge in [0.05, 0.1) is 17.5 Å². The number of benzene rings is 2. The van der Waals surface area contributed by atoms with Crippen molar-refractivity contribution >= 4 is 29.0 Å². The number of hydrogen-bond acceptors (Lipinski definition) is 3. The Bertz CT molecular complexity index is 687. The molecule has 0 spiro atoms. The van der Waals surface area contributed by atoms with Crippen molar-refractivity contribution in [2.24, 2.45) is 0 Å². The highest BCUT2D eigenvalue weighted by atomic mass is 32.2. The maximum atomic E-state index is 13.0. The summed E-state index contributed by atoms with van der Waals surface area (Å²) in [5.74, 6) is -0.220. The fourth-order valence-corrected chi connectivity index (χ4v) is 3.47. The maximum Gasteiger partial charge on any atom is 0.240 e. The predicted molar refractivity (Wildman–Crippen MR) is 83.8 cm³/mol. The second-order valence-corrected chi connectivity index (χ2v) is 6.42. The summed E-state index contributed by atoms with van der Waals surface area (Å²) >= 11 is 1.52. The van der Waals surface area contributed by atoms with Crippen molar-refractivity contribution in [3.63, 3.8) is 0 Å². The Morgan fingerprint density at radius 2 is 1.95 bits per heavy atom. The monoisotopic (exact) mass is 302 g/mol. The van der Waals surface area contributed by atoms with E-state index in [9.17, 15) is 9.18 Å². The van der Waals surface area contributed by atoms with Gasteiger partial charge in [0.15, 0.2) is 0 Å². The van der Waals surface area contributed by atoms with Crippen LogP contribution in [-0.4, -0.2) is 11.2 Å². The number of thioether (sulfide) groups is 1. The number of carbonyl (C=O) groups is 1. The molecule has 1 aliphatic heterocycles. The highest BCUT2D eigenvalue weighted by Gasteiger charge is 2.30. The molecule has 2 aromatic rings. The van der Waals surface area contributed by atoms with Crippen molar-refractivity contribution in [3.8, 4) is 0 Å². The van der Waals surface area contributed by atoms with Crippen molar-refractivity contribution in [2.45, 2.75) is 23.6 Å². The molecule has 0 aromatic heterocycles. The predicted octanol–water partition coefficient (Wildman–Crippen LogP) is 3.44. The van der Waals surface area contributed by atoms with Crippen LogP contribution in [0.1, 0.15) is 12.5 Å². The summed E-state index contributed by atoms with van der Waals surface area (Å²) in [7, 11) is 0. The summed E-state index contributed by atoms with van der Waals surface area (Å²) in [5, 5.41) is -0.153. The largest absolute Gasteiger partial charge is 0.399 e. The zero-order chi connectivity index (χ0) is 15.0. The van der Waals surface area contributed by atoms with Crippen molar-refractivity contribution < 1.29 is 9.18 Å². The average molecular weight is 302 g/mol. The Labute approximate surface area is 126 Å². The van der Waals surface area contributed by atoms with Gasteiger partial charge in [-0.2, -0.15) is 0 Å². The quantitative estimate of drug-likeness (QED) is 0.864. The van der Waals surface area contributed by atoms with E-state index < -0.39 is 0 Å². The normalized spacial score (nSPS) is 17.7. The summed E-state index contributed by atoms with van der Waals surface area (Å²) < 4.78 is 13.0. The van der Waals surface area contributed by atoms with Crippen LogP contribution in [-0.2, 0) is 11.3 Å². The number of fused-ring (bicyclic) bond motifs is 1. The lowest BCUT2D eigenvalue weighted by molar-refractivity contribution is -0.118. The molecule has 2 aromatic carbocycles. The average Bonchev–Trinajstić information content (AvgIpc) is 2.46. The van der Waals surface area contributed by atoms with Gasteiger partial charge in [0.2, 0.25) is 5.91 Å². The minimum atomic E-state index is -0.277. The number of anilines is 2. The number of halogens is 1. The third kappa shape index (κ3) is 2.74. The van der Waals surface area contributed by atoms with Crippen LogP contribution in [0.5, 0.6) is 0 Å². The lowest BCUT2D eigenvalue weighted by Crippen LogP contribution is -2.39. The summed E-state index contributed by atoms with van der Waals surface area (Å²) in [6.07, 6.45) is 0. The molecule has 0 saturated carbocycles. The lowest BCUT2D eigenvalue weighted by Gasteiger charge is -2.32. The van der Waals surface area contributed by atoms with Crippen LogP contribution in [0.3, 0.4) is 0 Å². The van der Waals surface area contributed by atoms with Crippen LogP contribution in [0.25, 0.3) is 0 Å². The lowest BCUT2D eigenvalue weighted by atomic mass is 10.1. The molecule has 0 fully saturated rings. The van der Waals surface area contributed by atoms with Crippen LogP contribution in [0, 0.1) is 5.82 Å². The van der Waals surface area contributed by atoms with E-state index >= 15 is 0 Å². The van der Waals surface area contributed by atoms with E-state index in [4.69, 9.17) is 5.73 Å². The van der Waals surface area contributed by atoms with E-state index in [1.54, 1.807) is 23.1 Å². The zero-order valence-electron chi connectivity index (χ0n) is 11.5. The fraction of sp³-hybridized carbons (Fsp3) is 0.188. The molecule has 1 unspecified atom stereocenters. The molecule has 5 heteroatoms. The van der Waals surface area contributed by atoms with Crippen LogP contribution in [0.2, 0.25) is 0 Å². The molecular formula is C16H15FN2OS. The number of nitrogens with two attached hydrogens (primary N) is 1. The van der Waals surface area contributed by atoms with Gasteiger partial charge in [0.1, 0.15) is 5.82 Å². The van der Waals surface area contributed by atoms with Gasteiger partial charge in [-0.25, -0.2) is 4.39 Å². The molecule has 1 aliphatic rings. The van der Waals surface area contributed by atoms with Crippen molar-refractivity contribution in [1.82, 2.24) is 0 Å².